The van der Waals surface area contributed by atoms with Crippen molar-refractivity contribution in [3.63, 3.8) is 0 Å². The smallest absolute Gasteiger partial charge is 0.253 e. The lowest BCUT2D eigenvalue weighted by Crippen LogP contribution is -2.54. The molecule has 18 aromatic carbocycles. The van der Waals surface area contributed by atoms with Crippen LogP contribution in [0.3, 0.4) is 0 Å². The zero-order valence-corrected chi connectivity index (χ0v) is 67.1. The number of furan rings is 2. The van der Waals surface area contributed by atoms with Gasteiger partial charge < -0.3 is 28.3 Å². The van der Waals surface area contributed by atoms with Crippen LogP contribution in [0.2, 0.25) is 0 Å². The minimum Gasteiger partial charge on any atom is -0.458 e. The Bertz CT molecular complexity index is 9500. The van der Waals surface area contributed by atoms with E-state index in [4.69, 9.17) is 53.3 Å². The molecule has 0 bridgehead atoms. The Labute approximate surface area is 774 Å². The van der Waals surface area contributed by atoms with Gasteiger partial charge in [-0.2, -0.15) is 0 Å². The van der Waals surface area contributed by atoms with Gasteiger partial charge >= 0.3 is 0 Å². The van der Waals surface area contributed by atoms with E-state index in [0.29, 0.717) is 61.8 Å². The molecule has 0 amide bonds. The molecule has 2 aromatic heterocycles. The first-order valence-corrected chi connectivity index (χ1v) is 41.3. The highest BCUT2D eigenvalue weighted by Gasteiger charge is 2.53. The molecule has 20 aromatic rings. The van der Waals surface area contributed by atoms with Crippen molar-refractivity contribution >= 4 is 143 Å². The molecular weight excluding hydrogens is 1530 g/mol. The summed E-state index contributed by atoms with van der Waals surface area (Å²) in [5.41, 5.74) is 23.7. The predicted molar refractivity (Wildman–Crippen MR) is 527 cm³/mol. The van der Waals surface area contributed by atoms with Gasteiger partial charge in [0.2, 0.25) is 6.71 Å². The fourth-order valence-electron chi connectivity index (χ4n) is 20.1. The van der Waals surface area contributed by atoms with Crippen LogP contribution in [0.1, 0.15) is 70.3 Å². The number of nitrogens with zero attached hydrogens (tertiary/aromatic N) is 3. The fourth-order valence-corrected chi connectivity index (χ4v) is 20.1. The van der Waals surface area contributed by atoms with Gasteiger partial charge in [0, 0.05) is 72.8 Å². The molecule has 0 fully saturated rings. The summed E-state index contributed by atoms with van der Waals surface area (Å²) in [6.45, 7) is 3.06. The quantitative estimate of drug-likeness (QED) is 0.127. The van der Waals surface area contributed by atoms with Crippen molar-refractivity contribution in [1.29, 1.82) is 0 Å². The summed E-state index contributed by atoms with van der Waals surface area (Å²) in [5, 5.41) is 1.57. The van der Waals surface area contributed by atoms with Gasteiger partial charge in [-0.1, -0.05) is 346 Å². The van der Waals surface area contributed by atoms with E-state index in [1.165, 1.54) is 0 Å². The van der Waals surface area contributed by atoms with Gasteiger partial charge in [-0.15, -0.1) is 0 Å². The summed E-state index contributed by atoms with van der Waals surface area (Å²) in [6, 6.07) is 71.4. The van der Waals surface area contributed by atoms with Crippen molar-refractivity contribution in [1.82, 2.24) is 0 Å². The van der Waals surface area contributed by atoms with E-state index < -0.39 is 133 Å². The number of allylic oxidation sites excluding steroid dienone is 1. The van der Waals surface area contributed by atoms with Gasteiger partial charge in [-0.05, 0) is 231 Å². The molecule has 8 heterocycles. The molecule has 0 unspecified atom stereocenters. The highest BCUT2D eigenvalue weighted by Crippen LogP contribution is 2.56. The lowest BCUT2D eigenvalue weighted by Gasteiger charge is -2.36. The number of hydrogen-bond donors (Lipinski definition) is 0. The third-order valence-electron chi connectivity index (χ3n) is 25.3. The van der Waals surface area contributed by atoms with E-state index in [1.54, 1.807) is 24.3 Å². The lowest BCUT2D eigenvalue weighted by molar-refractivity contribution is 0.487. The first-order valence-electron chi connectivity index (χ1n) is 55.8. The highest BCUT2D eigenvalue weighted by atomic mass is 16.5. The van der Waals surface area contributed by atoms with Crippen molar-refractivity contribution in [3.05, 3.63) is 458 Å². The number of para-hydroxylation sites is 6. The normalized spacial score (nSPS) is 16.7. The van der Waals surface area contributed by atoms with Crippen LogP contribution < -0.4 is 63.1 Å². The van der Waals surface area contributed by atoms with Crippen molar-refractivity contribution in [2.24, 2.45) is 0 Å². The van der Waals surface area contributed by atoms with Crippen LogP contribution in [-0.4, -0.2) is 20.1 Å². The zero-order valence-electron chi connectivity index (χ0n) is 96.1. The molecule has 0 saturated heterocycles. The first kappa shape index (κ1) is 49.3. The zero-order chi connectivity index (χ0) is 108. The van der Waals surface area contributed by atoms with Crippen LogP contribution in [0.4, 0.5) is 51.2 Å². The van der Waals surface area contributed by atoms with Crippen LogP contribution in [0, 0.1) is 0 Å². The SMILES string of the molecule is [2H]c1c([2H])c([2H])c(-c2cc3c4c(c2)C2=C(B4c4c([2H])c([2H])c([2H])c([2H])c4O3)C(C)(C)c3ccccc32)c([2H])c1[2H].[2H]c1c([2H])c([2H])c(-c2ccc3c(c2)N(c2ccc(-c4ccccc4)cc2)c2cc(-c4c([2H])c([2H])c([2H])c([2H])c4[2H])cc4c2B3c2c-4oc3ccccc23)c([2H])c1[2H].[2H]c1c([2H])c([2H])c(N(c2c([2H])c([2H])c([2H])c([2H])c2[2H])c2cccc3c4c(oc23)-c2cccc3c2B4c2ccc(-c4ccccc4)cc2N3c2ccccc2)c([2H])c1[2H]. The molecule has 0 saturated carbocycles. The Balaban J connectivity index is 0.000000121. The predicted octanol–water partition coefficient (Wildman–Crippen LogP) is 25.3. The van der Waals surface area contributed by atoms with Gasteiger partial charge in [-0.3, -0.25) is 0 Å². The maximum atomic E-state index is 9.00. The van der Waals surface area contributed by atoms with Crippen molar-refractivity contribution in [2.75, 3.05) is 14.7 Å². The monoisotopic (exact) mass is 1630 g/mol. The van der Waals surface area contributed by atoms with E-state index in [2.05, 4.69) is 73.3 Å². The second-order valence-corrected chi connectivity index (χ2v) is 32.2. The van der Waals surface area contributed by atoms with Gasteiger partial charge in [0.25, 0.3) is 13.4 Å². The summed E-state index contributed by atoms with van der Waals surface area (Å²) >= 11 is 0. The Kier molecular flexibility index (Phi) is 11.4. The van der Waals surface area contributed by atoms with Crippen molar-refractivity contribution in [3.8, 4) is 89.8 Å². The molecule has 6 aliphatic heterocycles. The lowest BCUT2D eigenvalue weighted by atomic mass is 9.33. The second-order valence-electron chi connectivity index (χ2n) is 32.2. The fraction of sp³-hybridized carbons (Fsp3) is 0.0256. The van der Waals surface area contributed by atoms with Crippen LogP contribution in [-0.2, 0) is 5.41 Å². The van der Waals surface area contributed by atoms with Gasteiger partial charge in [-0.25, -0.2) is 0 Å². The number of anilines is 9. The number of fused-ring (bicyclic) bond motifs is 20. The molecule has 0 N–H and O–H groups in total. The maximum Gasteiger partial charge on any atom is 0.253 e. The molecule has 27 rings (SSSR count). The third-order valence-corrected chi connectivity index (χ3v) is 25.3. The molecule has 9 heteroatoms. The van der Waals surface area contributed by atoms with E-state index in [0.717, 1.165) is 132 Å². The van der Waals surface area contributed by atoms with Crippen LogP contribution >= 0.6 is 0 Å². The van der Waals surface area contributed by atoms with E-state index >= 15 is 0 Å². The average Bonchev–Trinajstić information content (AvgIpc) is 1.49. The topological polar surface area (TPSA) is 45.2 Å². The summed E-state index contributed by atoms with van der Waals surface area (Å²) in [5.74, 6) is 1.60. The molecule has 0 radical (unpaired) electrons. The number of rotatable bonds is 10. The Morgan fingerprint density at radius 3 is 1.44 bits per heavy atom. The highest BCUT2D eigenvalue weighted by molar-refractivity contribution is 7.03. The number of ether oxygens (including phenoxy) is 1. The Morgan fingerprint density at radius 2 is 0.778 bits per heavy atom. The molecule has 588 valence electrons. The molecular formula is C117H78B3N3O3. The molecule has 7 aliphatic rings. The van der Waals surface area contributed by atoms with Gasteiger partial charge in [0.1, 0.15) is 28.6 Å². The standard InChI is InChI=1S/C44H29BN2O.C44H28BNO.C29H21BO/c1-5-15-30(16-6-1)31-27-28-37-40(29-31)47(34-21-11-4-12-22-34)38-25-13-23-35-41(38)45(37)42-36-24-14-26-39(43(36)48-44(35)42)46(32-17-7-2-8-18-32)33-19-9-3-10-20-33;1-4-12-29(13-5-1)32-20-23-35(24-21-32)46-39-27-33(30-14-6-2-7-15-30)22-25-38(39)45-42-37(44-43(45)36-18-10-11-19-41(36)47-44)26-34(28-40(42)46)31-16-8-3-9-17-31;1-29(2)22-13-7-6-12-20(22)26-21-16-19(18-10-4-3-5-11-18)17-25-27(21)30(28(26)29)23-14-8-9-15-24(23)31-25/h1-29H;1-28H;3-17H,1-2H3/i2D,3D,7D,8D,9D,10D,17D,18D,19D,20D;2D,3D,6D,7D,8D,9D,14D,15D,16D,17D;3D,4D,5D,8D,9D,10D,11D,14D,15D. The molecule has 0 spiro atoms. The molecule has 6 nitrogen and oxygen atoms in total. The minimum absolute atomic E-state index is 0.0468. The van der Waals surface area contributed by atoms with E-state index in [9.17, 15) is 0 Å². The largest absolute Gasteiger partial charge is 0.458 e. The molecule has 1 aliphatic carbocycles. The molecule has 0 atom stereocenters. The summed E-state index contributed by atoms with van der Waals surface area (Å²) in [4.78, 5) is 5.48. The number of benzene rings is 18. The third kappa shape index (κ3) is 11.5. The maximum absolute atomic E-state index is 9.00. The number of hydrogen-bond acceptors (Lipinski definition) is 6. The van der Waals surface area contributed by atoms with Crippen LogP contribution in [0.15, 0.2) is 450 Å². The van der Waals surface area contributed by atoms with Gasteiger partial charge in [0.15, 0.2) is 5.58 Å². The summed E-state index contributed by atoms with van der Waals surface area (Å²) in [6.07, 6.45) is 0. The van der Waals surface area contributed by atoms with Crippen LogP contribution in [0.25, 0.3) is 106 Å². The van der Waals surface area contributed by atoms with Crippen molar-refractivity contribution < 1.29 is 53.3 Å². The van der Waals surface area contributed by atoms with Gasteiger partial charge in [0.05, 0.1) is 45.4 Å². The Morgan fingerprint density at radius 1 is 0.302 bits per heavy atom. The van der Waals surface area contributed by atoms with Crippen LogP contribution in [0.5, 0.6) is 11.5 Å². The average molecular weight is 1640 g/mol. The first-order chi connectivity index (χ1) is 74.3. The minimum atomic E-state index is -0.638. The van der Waals surface area contributed by atoms with E-state index in [1.807, 2.05) is 187 Å². The van der Waals surface area contributed by atoms with Crippen molar-refractivity contribution in [2.45, 2.75) is 19.3 Å². The van der Waals surface area contributed by atoms with E-state index in [-0.39, 0.29) is 113 Å². The molecule has 126 heavy (non-hydrogen) atoms. The summed E-state index contributed by atoms with van der Waals surface area (Å²) < 4.78 is 268. The Hall–Kier alpha value is -15.8. The second kappa shape index (κ2) is 29.2. The summed E-state index contributed by atoms with van der Waals surface area (Å²) in [7, 11) is 0.